The van der Waals surface area contributed by atoms with E-state index in [1.807, 2.05) is 0 Å². The van der Waals surface area contributed by atoms with Gasteiger partial charge in [0, 0.05) is 47.6 Å². The molecule has 0 saturated carbocycles. The van der Waals surface area contributed by atoms with Gasteiger partial charge in [-0.1, -0.05) is 6.07 Å². The summed E-state index contributed by atoms with van der Waals surface area (Å²) < 4.78 is 24.8. The van der Waals surface area contributed by atoms with Crippen LogP contribution in [0.25, 0.3) is 0 Å². The van der Waals surface area contributed by atoms with E-state index >= 15 is 0 Å². The number of carbonyl (C=O) groups excluding carboxylic acids is 1. The van der Waals surface area contributed by atoms with Gasteiger partial charge in [-0.05, 0) is 31.0 Å². The number of nitrogens with zero attached hydrogens (tertiary/aromatic N) is 2. The molecule has 114 valence electrons. The molecule has 0 bridgehead atoms. The lowest BCUT2D eigenvalue weighted by Gasteiger charge is -2.39. The first kappa shape index (κ1) is 14.7. The van der Waals surface area contributed by atoms with Gasteiger partial charge in [-0.3, -0.25) is 13.9 Å². The Morgan fingerprint density at radius 2 is 1.95 bits per heavy atom. The van der Waals surface area contributed by atoms with Crippen molar-refractivity contribution in [3.8, 4) is 0 Å². The van der Waals surface area contributed by atoms with Crippen LogP contribution in [0.1, 0.15) is 12.8 Å². The lowest BCUT2D eigenvalue weighted by Crippen LogP contribution is -2.55. The topological polar surface area (TPSA) is 40.6 Å². The zero-order chi connectivity index (χ0) is 14.8. The Bertz CT molecular complexity index is 556. The van der Waals surface area contributed by atoms with Gasteiger partial charge >= 0.3 is 0 Å². The van der Waals surface area contributed by atoms with Crippen molar-refractivity contribution < 1.29 is 13.4 Å². The lowest BCUT2D eigenvalue weighted by molar-refractivity contribution is -0.125. The molecule has 1 amide bonds. The number of piperidine rings is 1. The van der Waals surface area contributed by atoms with Gasteiger partial charge in [0.15, 0.2) is 0 Å². The van der Waals surface area contributed by atoms with E-state index in [-0.39, 0.29) is 17.8 Å². The molecule has 0 N–H and O–H groups in total. The molecule has 6 heteroatoms. The number of carbonyl (C=O) groups is 1. The molecule has 0 aliphatic carbocycles. The van der Waals surface area contributed by atoms with E-state index < -0.39 is 10.8 Å². The predicted octanol–water partition coefficient (Wildman–Crippen LogP) is 1.39. The van der Waals surface area contributed by atoms with Crippen molar-refractivity contribution in [3.63, 3.8) is 0 Å². The van der Waals surface area contributed by atoms with Crippen LogP contribution < -0.4 is 4.90 Å². The second-order valence-corrected chi connectivity index (χ2v) is 7.21. The normalized spacial score (nSPS) is 25.3. The molecule has 0 unspecified atom stereocenters. The fourth-order valence-electron chi connectivity index (χ4n) is 3.06. The number of rotatable bonds is 2. The number of hydrogen-bond donors (Lipinski definition) is 0. The first-order chi connectivity index (χ1) is 10.1. The molecule has 2 aliphatic heterocycles. The summed E-state index contributed by atoms with van der Waals surface area (Å²) in [5.41, 5.74) is 0.630. The quantitative estimate of drug-likeness (QED) is 0.829. The molecular formula is C15H19FN2O2S. The number of anilines is 1. The SMILES string of the molecule is O=C1[C@@H](N2CCS(=O)CC2)CCCN1c1cccc(F)c1. The van der Waals surface area contributed by atoms with Crippen LogP contribution in [-0.4, -0.2) is 52.2 Å². The molecule has 2 saturated heterocycles. The summed E-state index contributed by atoms with van der Waals surface area (Å²) in [6.07, 6.45) is 1.74. The maximum atomic E-state index is 13.4. The fraction of sp³-hybridized carbons (Fsp3) is 0.533. The first-order valence-corrected chi connectivity index (χ1v) is 8.80. The zero-order valence-electron chi connectivity index (χ0n) is 11.8. The average Bonchev–Trinajstić information content (AvgIpc) is 2.48. The van der Waals surface area contributed by atoms with Crippen LogP contribution >= 0.6 is 0 Å². The minimum atomic E-state index is -0.741. The Morgan fingerprint density at radius 1 is 1.19 bits per heavy atom. The summed E-state index contributed by atoms with van der Waals surface area (Å²) in [5.74, 6) is 1.00. The molecule has 2 heterocycles. The van der Waals surface area contributed by atoms with Crippen LogP contribution in [0, 0.1) is 5.82 Å². The molecule has 1 atom stereocenters. The second kappa shape index (κ2) is 6.23. The van der Waals surface area contributed by atoms with E-state index in [0.29, 0.717) is 36.8 Å². The van der Waals surface area contributed by atoms with E-state index in [1.54, 1.807) is 17.0 Å². The van der Waals surface area contributed by atoms with Gasteiger partial charge in [-0.2, -0.15) is 0 Å². The predicted molar refractivity (Wildman–Crippen MR) is 81.2 cm³/mol. The van der Waals surface area contributed by atoms with Gasteiger partial charge in [0.1, 0.15) is 5.82 Å². The molecule has 21 heavy (non-hydrogen) atoms. The Morgan fingerprint density at radius 3 is 2.67 bits per heavy atom. The summed E-state index contributed by atoms with van der Waals surface area (Å²) in [7, 11) is -0.741. The van der Waals surface area contributed by atoms with Crippen LogP contribution in [0.4, 0.5) is 10.1 Å². The monoisotopic (exact) mass is 310 g/mol. The molecule has 0 radical (unpaired) electrons. The van der Waals surface area contributed by atoms with E-state index in [9.17, 15) is 13.4 Å². The third-order valence-electron chi connectivity index (χ3n) is 4.18. The van der Waals surface area contributed by atoms with Gasteiger partial charge in [-0.25, -0.2) is 4.39 Å². The van der Waals surface area contributed by atoms with Crippen molar-refractivity contribution in [1.29, 1.82) is 0 Å². The molecule has 4 nitrogen and oxygen atoms in total. The van der Waals surface area contributed by atoms with Crippen molar-refractivity contribution in [2.45, 2.75) is 18.9 Å². The molecule has 1 aromatic rings. The highest BCUT2D eigenvalue weighted by atomic mass is 32.2. The smallest absolute Gasteiger partial charge is 0.244 e. The van der Waals surface area contributed by atoms with Crippen LogP contribution in [-0.2, 0) is 15.6 Å². The van der Waals surface area contributed by atoms with Gasteiger partial charge in [0.25, 0.3) is 0 Å². The number of benzene rings is 1. The van der Waals surface area contributed by atoms with E-state index in [4.69, 9.17) is 0 Å². The van der Waals surface area contributed by atoms with Crippen molar-refractivity contribution in [3.05, 3.63) is 30.1 Å². The summed E-state index contributed by atoms with van der Waals surface area (Å²) in [6.45, 7) is 2.05. The molecular weight excluding hydrogens is 291 g/mol. The molecule has 3 rings (SSSR count). The minimum Gasteiger partial charge on any atom is -0.311 e. The van der Waals surface area contributed by atoms with Crippen LogP contribution in [0.5, 0.6) is 0 Å². The Balaban J connectivity index is 1.76. The van der Waals surface area contributed by atoms with Crippen LogP contribution in [0.2, 0.25) is 0 Å². The summed E-state index contributed by atoms with van der Waals surface area (Å²) in [5, 5.41) is 0. The number of halogens is 1. The Hall–Kier alpha value is -1.27. The van der Waals surface area contributed by atoms with Crippen molar-refractivity contribution >= 4 is 22.4 Å². The number of amides is 1. The standard InChI is InChI=1S/C15H19FN2O2S/c16-12-3-1-4-13(11-12)18-6-2-5-14(15(18)19)17-7-9-21(20)10-8-17/h1,3-4,11,14H,2,5-10H2/t14-/m0/s1. The van der Waals surface area contributed by atoms with Crippen LogP contribution in [0.3, 0.4) is 0 Å². The second-order valence-electron chi connectivity index (χ2n) is 5.51. The summed E-state index contributed by atoms with van der Waals surface area (Å²) in [4.78, 5) is 16.5. The van der Waals surface area contributed by atoms with Crippen molar-refractivity contribution in [1.82, 2.24) is 4.90 Å². The largest absolute Gasteiger partial charge is 0.311 e. The molecule has 0 spiro atoms. The molecule has 2 aliphatic rings. The number of hydrogen-bond acceptors (Lipinski definition) is 3. The summed E-state index contributed by atoms with van der Waals surface area (Å²) in [6, 6.07) is 6.04. The maximum absolute atomic E-state index is 13.4. The highest BCUT2D eigenvalue weighted by Crippen LogP contribution is 2.25. The van der Waals surface area contributed by atoms with E-state index in [2.05, 4.69) is 4.90 Å². The molecule has 0 aromatic heterocycles. The van der Waals surface area contributed by atoms with Gasteiger partial charge < -0.3 is 4.90 Å². The Labute approximate surface area is 126 Å². The zero-order valence-corrected chi connectivity index (χ0v) is 12.7. The van der Waals surface area contributed by atoms with E-state index in [0.717, 1.165) is 12.8 Å². The third kappa shape index (κ3) is 3.16. The lowest BCUT2D eigenvalue weighted by atomic mass is 10.0. The maximum Gasteiger partial charge on any atom is 0.244 e. The average molecular weight is 310 g/mol. The highest BCUT2D eigenvalue weighted by molar-refractivity contribution is 7.85. The summed E-state index contributed by atoms with van der Waals surface area (Å²) >= 11 is 0. The first-order valence-electron chi connectivity index (χ1n) is 7.31. The van der Waals surface area contributed by atoms with Gasteiger partial charge in [0.05, 0.1) is 6.04 Å². The third-order valence-corrected chi connectivity index (χ3v) is 5.46. The minimum absolute atomic E-state index is 0.0412. The molecule has 1 aromatic carbocycles. The van der Waals surface area contributed by atoms with Gasteiger partial charge in [-0.15, -0.1) is 0 Å². The Kier molecular flexibility index (Phi) is 4.35. The van der Waals surface area contributed by atoms with Gasteiger partial charge in [0.2, 0.25) is 5.91 Å². The van der Waals surface area contributed by atoms with Crippen molar-refractivity contribution in [2.75, 3.05) is 36.0 Å². The molecule has 2 fully saturated rings. The van der Waals surface area contributed by atoms with Crippen molar-refractivity contribution in [2.24, 2.45) is 0 Å². The highest BCUT2D eigenvalue weighted by Gasteiger charge is 2.35. The van der Waals surface area contributed by atoms with E-state index in [1.165, 1.54) is 12.1 Å². The van der Waals surface area contributed by atoms with Crippen LogP contribution in [0.15, 0.2) is 24.3 Å². The fourth-order valence-corrected chi connectivity index (χ4v) is 4.14.